The molecule has 6 heteroatoms. The molecular formula is C20H26N2O3S. The van der Waals surface area contributed by atoms with Crippen molar-refractivity contribution in [3.63, 3.8) is 0 Å². The molecule has 140 valence electrons. The second kappa shape index (κ2) is 8.01. The number of nitrogens with zero attached hydrogens (tertiary/aromatic N) is 2. The van der Waals surface area contributed by atoms with Crippen LogP contribution in [0.3, 0.4) is 0 Å². The lowest BCUT2D eigenvalue weighted by Crippen LogP contribution is -2.31. The summed E-state index contributed by atoms with van der Waals surface area (Å²) < 4.78 is 26.8. The molecule has 0 fully saturated rings. The Morgan fingerprint density at radius 1 is 1.00 bits per heavy atom. The minimum Gasteiger partial charge on any atom is -0.311 e. The zero-order chi connectivity index (χ0) is 19.5. The van der Waals surface area contributed by atoms with Crippen LogP contribution in [0.2, 0.25) is 0 Å². The van der Waals surface area contributed by atoms with E-state index in [4.69, 9.17) is 0 Å². The molecule has 0 bridgehead atoms. The second-order valence-electron chi connectivity index (χ2n) is 6.20. The Hall–Kier alpha value is -2.18. The molecule has 0 unspecified atom stereocenters. The van der Waals surface area contributed by atoms with Crippen LogP contribution in [-0.2, 0) is 10.0 Å². The lowest BCUT2D eigenvalue weighted by atomic mass is 10.1. The highest BCUT2D eigenvalue weighted by Crippen LogP contribution is 2.24. The molecular weight excluding hydrogens is 348 g/mol. The topological polar surface area (TPSA) is 57.7 Å². The molecule has 0 saturated heterocycles. The average Bonchev–Trinajstić information content (AvgIpc) is 2.63. The van der Waals surface area contributed by atoms with Gasteiger partial charge in [0.05, 0.1) is 4.90 Å². The third kappa shape index (κ3) is 3.81. The highest BCUT2D eigenvalue weighted by atomic mass is 32.2. The summed E-state index contributed by atoms with van der Waals surface area (Å²) >= 11 is 0. The fourth-order valence-electron chi connectivity index (χ4n) is 2.90. The van der Waals surface area contributed by atoms with Crippen LogP contribution >= 0.6 is 0 Å². The van der Waals surface area contributed by atoms with Crippen molar-refractivity contribution in [1.82, 2.24) is 4.31 Å². The molecule has 0 radical (unpaired) electrons. The van der Waals surface area contributed by atoms with Gasteiger partial charge in [-0.2, -0.15) is 4.31 Å². The Balaban J connectivity index is 2.41. The Labute approximate surface area is 156 Å². The molecule has 0 aliphatic heterocycles. The van der Waals surface area contributed by atoms with Crippen LogP contribution in [-0.4, -0.2) is 38.8 Å². The van der Waals surface area contributed by atoms with E-state index in [0.717, 1.165) is 16.8 Å². The highest BCUT2D eigenvalue weighted by molar-refractivity contribution is 7.89. The third-order valence-electron chi connectivity index (χ3n) is 4.67. The molecule has 2 rings (SSSR count). The van der Waals surface area contributed by atoms with E-state index in [9.17, 15) is 13.2 Å². The molecule has 26 heavy (non-hydrogen) atoms. The number of aryl methyl sites for hydroxylation is 1. The van der Waals surface area contributed by atoms with Crippen LogP contribution in [0, 0.1) is 13.8 Å². The number of anilines is 1. The van der Waals surface area contributed by atoms with Crippen molar-refractivity contribution >= 4 is 21.6 Å². The Bertz CT molecular complexity index is 903. The van der Waals surface area contributed by atoms with Gasteiger partial charge in [0, 0.05) is 31.4 Å². The molecule has 0 N–H and O–H groups in total. The number of rotatable bonds is 6. The summed E-state index contributed by atoms with van der Waals surface area (Å²) in [5, 5.41) is 0. The average molecular weight is 375 g/mol. The van der Waals surface area contributed by atoms with E-state index < -0.39 is 10.0 Å². The molecule has 2 aromatic rings. The van der Waals surface area contributed by atoms with Crippen molar-refractivity contribution in [1.29, 1.82) is 0 Å². The van der Waals surface area contributed by atoms with E-state index in [1.54, 1.807) is 37.9 Å². The SMILES string of the molecule is CCN(CC)S(=O)(=O)c1cccc(C(=O)N(C)c2cccc(C)c2C)c1. The number of amides is 1. The number of benzene rings is 2. The van der Waals surface area contributed by atoms with Crippen molar-refractivity contribution < 1.29 is 13.2 Å². The first-order valence-corrected chi connectivity index (χ1v) is 10.1. The minimum absolute atomic E-state index is 0.140. The van der Waals surface area contributed by atoms with Crippen LogP contribution in [0.15, 0.2) is 47.4 Å². The number of hydrogen-bond acceptors (Lipinski definition) is 3. The highest BCUT2D eigenvalue weighted by Gasteiger charge is 2.23. The van der Waals surface area contributed by atoms with Crippen LogP contribution in [0.4, 0.5) is 5.69 Å². The number of carbonyl (C=O) groups excluding carboxylic acids is 1. The molecule has 0 atom stereocenters. The van der Waals surface area contributed by atoms with E-state index in [-0.39, 0.29) is 10.8 Å². The van der Waals surface area contributed by atoms with Crippen LogP contribution < -0.4 is 4.90 Å². The normalized spacial score (nSPS) is 11.6. The molecule has 0 heterocycles. The summed E-state index contributed by atoms with van der Waals surface area (Å²) in [6.45, 7) is 8.33. The minimum atomic E-state index is -3.60. The van der Waals surface area contributed by atoms with Gasteiger partial charge in [0.15, 0.2) is 0 Å². The summed E-state index contributed by atoms with van der Waals surface area (Å²) in [6.07, 6.45) is 0. The number of sulfonamides is 1. The molecule has 0 aromatic heterocycles. The van der Waals surface area contributed by atoms with Gasteiger partial charge in [-0.15, -0.1) is 0 Å². The number of carbonyl (C=O) groups is 1. The van der Waals surface area contributed by atoms with E-state index in [0.29, 0.717) is 18.7 Å². The lowest BCUT2D eigenvalue weighted by molar-refractivity contribution is 0.0992. The fraction of sp³-hybridized carbons (Fsp3) is 0.350. The van der Waals surface area contributed by atoms with Gasteiger partial charge in [-0.1, -0.05) is 32.0 Å². The van der Waals surface area contributed by atoms with E-state index in [1.165, 1.54) is 16.4 Å². The molecule has 0 aliphatic rings. The maximum Gasteiger partial charge on any atom is 0.258 e. The third-order valence-corrected chi connectivity index (χ3v) is 6.71. The van der Waals surface area contributed by atoms with E-state index in [1.807, 2.05) is 32.0 Å². The Kier molecular flexibility index (Phi) is 6.21. The summed E-state index contributed by atoms with van der Waals surface area (Å²) in [5.41, 5.74) is 3.28. The number of hydrogen-bond donors (Lipinski definition) is 0. The van der Waals surface area contributed by atoms with Gasteiger partial charge in [0.2, 0.25) is 10.0 Å². The molecule has 5 nitrogen and oxygen atoms in total. The zero-order valence-electron chi connectivity index (χ0n) is 16.0. The quantitative estimate of drug-likeness (QED) is 0.776. The van der Waals surface area contributed by atoms with Gasteiger partial charge in [-0.25, -0.2) is 8.42 Å². The smallest absolute Gasteiger partial charge is 0.258 e. The standard InChI is InChI=1S/C20H26N2O3S/c1-6-22(7-2)26(24,25)18-12-9-11-17(14-18)20(23)21(5)19-13-8-10-15(3)16(19)4/h8-14H,6-7H2,1-5H3. The van der Waals surface area contributed by atoms with Crippen molar-refractivity contribution in [2.75, 3.05) is 25.0 Å². The maximum atomic E-state index is 12.9. The van der Waals surface area contributed by atoms with Crippen LogP contribution in [0.5, 0.6) is 0 Å². The first-order valence-electron chi connectivity index (χ1n) is 8.68. The first kappa shape index (κ1) is 20.1. The summed E-state index contributed by atoms with van der Waals surface area (Å²) in [6, 6.07) is 12.0. The van der Waals surface area contributed by atoms with Gasteiger partial charge in [0.1, 0.15) is 0 Å². The maximum absolute atomic E-state index is 12.9. The molecule has 2 aromatic carbocycles. The fourth-order valence-corrected chi connectivity index (χ4v) is 4.41. The molecule has 0 spiro atoms. The first-order chi connectivity index (χ1) is 12.2. The summed E-state index contributed by atoms with van der Waals surface area (Å²) in [4.78, 5) is 14.6. The van der Waals surface area contributed by atoms with Crippen molar-refractivity contribution in [3.8, 4) is 0 Å². The molecule has 0 saturated carbocycles. The Morgan fingerprint density at radius 2 is 1.62 bits per heavy atom. The van der Waals surface area contributed by atoms with Gasteiger partial charge in [-0.3, -0.25) is 4.79 Å². The Morgan fingerprint density at radius 3 is 2.23 bits per heavy atom. The summed E-state index contributed by atoms with van der Waals surface area (Å²) in [5.74, 6) is -0.240. The van der Waals surface area contributed by atoms with Gasteiger partial charge >= 0.3 is 0 Å². The monoisotopic (exact) mass is 374 g/mol. The second-order valence-corrected chi connectivity index (χ2v) is 8.14. The lowest BCUT2D eigenvalue weighted by Gasteiger charge is -2.22. The predicted octanol–water partition coefficient (Wildman–Crippen LogP) is 3.61. The largest absolute Gasteiger partial charge is 0.311 e. The van der Waals surface area contributed by atoms with Gasteiger partial charge < -0.3 is 4.90 Å². The van der Waals surface area contributed by atoms with Crippen molar-refractivity contribution in [3.05, 3.63) is 59.2 Å². The van der Waals surface area contributed by atoms with E-state index in [2.05, 4.69) is 0 Å². The van der Waals surface area contributed by atoms with Gasteiger partial charge in [0.25, 0.3) is 5.91 Å². The van der Waals surface area contributed by atoms with E-state index >= 15 is 0 Å². The van der Waals surface area contributed by atoms with Crippen LogP contribution in [0.25, 0.3) is 0 Å². The van der Waals surface area contributed by atoms with Crippen molar-refractivity contribution in [2.45, 2.75) is 32.6 Å². The predicted molar refractivity (Wildman–Crippen MR) is 105 cm³/mol. The van der Waals surface area contributed by atoms with Gasteiger partial charge in [-0.05, 0) is 49.2 Å². The molecule has 0 aliphatic carbocycles. The molecule has 1 amide bonds. The summed E-state index contributed by atoms with van der Waals surface area (Å²) in [7, 11) is -1.90. The van der Waals surface area contributed by atoms with Crippen molar-refractivity contribution in [2.24, 2.45) is 0 Å². The zero-order valence-corrected chi connectivity index (χ0v) is 16.8. The van der Waals surface area contributed by atoms with Crippen LogP contribution in [0.1, 0.15) is 35.3 Å².